The van der Waals surface area contributed by atoms with Gasteiger partial charge in [0.1, 0.15) is 5.69 Å². The maximum Gasteiger partial charge on any atom is 0.274 e. The Morgan fingerprint density at radius 3 is 2.55 bits per heavy atom. The molecule has 2 fully saturated rings. The molecule has 0 N–H and O–H groups in total. The maximum atomic E-state index is 13.7. The lowest BCUT2D eigenvalue weighted by molar-refractivity contribution is -0.182. The topological polar surface area (TPSA) is 51.7 Å². The average Bonchev–Trinajstić information content (AvgIpc) is 3.43. The van der Waals surface area contributed by atoms with E-state index in [2.05, 4.69) is 4.37 Å². The third-order valence-electron chi connectivity index (χ3n) is 6.37. The molecule has 0 bridgehead atoms. The molecule has 31 heavy (non-hydrogen) atoms. The van der Waals surface area contributed by atoms with Gasteiger partial charge in [0.25, 0.3) is 5.91 Å². The molecule has 7 heteroatoms. The summed E-state index contributed by atoms with van der Waals surface area (Å²) in [5, 5.41) is 1.66. The number of ether oxygens (including phenoxy) is 2. The lowest BCUT2D eigenvalue weighted by Crippen LogP contribution is -2.47. The molecule has 1 aliphatic carbocycles. The van der Waals surface area contributed by atoms with Crippen LogP contribution in [0.4, 0.5) is 0 Å². The van der Waals surface area contributed by atoms with Crippen LogP contribution in [0.3, 0.4) is 0 Å². The number of rotatable bonds is 5. The average molecular weight is 457 g/mol. The predicted molar refractivity (Wildman–Crippen MR) is 123 cm³/mol. The summed E-state index contributed by atoms with van der Waals surface area (Å²) in [5.41, 5.74) is 1.73. The van der Waals surface area contributed by atoms with Crippen LogP contribution in [0.25, 0.3) is 10.1 Å². The smallest absolute Gasteiger partial charge is 0.274 e. The first-order chi connectivity index (χ1) is 15.1. The SMILES string of the molecule is O=C(c1nsc2ccccc12)N(CCc1ccc(Cl)cc1)C1CCC2(CC1)OCCO2. The van der Waals surface area contributed by atoms with Crippen LogP contribution in [0.1, 0.15) is 41.7 Å². The standard InChI is InChI=1S/C24H25ClN2O3S/c25-18-7-5-17(6-8-18)11-14-27(19-9-12-24(13-10-19)29-15-16-30-24)23(28)22-20-3-1-2-4-21(20)31-26-22/h1-8,19H,9-16H2. The molecule has 5 nitrogen and oxygen atoms in total. The lowest BCUT2D eigenvalue weighted by Gasteiger charge is -2.40. The molecule has 1 saturated carbocycles. The summed E-state index contributed by atoms with van der Waals surface area (Å²) in [6, 6.07) is 15.9. The minimum Gasteiger partial charge on any atom is -0.348 e. The van der Waals surface area contributed by atoms with Crippen LogP contribution in [0.5, 0.6) is 0 Å². The zero-order valence-corrected chi connectivity index (χ0v) is 18.8. The quantitative estimate of drug-likeness (QED) is 0.521. The summed E-state index contributed by atoms with van der Waals surface area (Å²) in [4.78, 5) is 15.7. The van der Waals surface area contributed by atoms with Crippen LogP contribution in [0, 0.1) is 0 Å². The molecule has 162 valence electrons. The normalized spacial score (nSPS) is 18.6. The second-order valence-electron chi connectivity index (χ2n) is 8.24. The summed E-state index contributed by atoms with van der Waals surface area (Å²) >= 11 is 7.42. The highest BCUT2D eigenvalue weighted by Crippen LogP contribution is 2.38. The van der Waals surface area contributed by atoms with Gasteiger partial charge < -0.3 is 14.4 Å². The van der Waals surface area contributed by atoms with Crippen LogP contribution in [-0.4, -0.2) is 46.8 Å². The van der Waals surface area contributed by atoms with E-state index >= 15 is 0 Å². The Bertz CT molecular complexity index is 1050. The summed E-state index contributed by atoms with van der Waals surface area (Å²) in [7, 11) is 0. The number of benzene rings is 2. The molecule has 3 aromatic rings. The fourth-order valence-corrected chi connectivity index (χ4v) is 5.56. The molecular weight excluding hydrogens is 432 g/mol. The second-order valence-corrected chi connectivity index (χ2v) is 9.48. The highest BCUT2D eigenvalue weighted by Gasteiger charge is 2.42. The van der Waals surface area contributed by atoms with Crippen molar-refractivity contribution in [2.24, 2.45) is 0 Å². The molecule has 2 aromatic carbocycles. The van der Waals surface area contributed by atoms with Crippen molar-refractivity contribution in [3.63, 3.8) is 0 Å². The molecular formula is C24H25ClN2O3S. The van der Waals surface area contributed by atoms with Crippen molar-refractivity contribution in [1.82, 2.24) is 9.27 Å². The van der Waals surface area contributed by atoms with E-state index in [1.54, 1.807) is 0 Å². The number of hydrogen-bond acceptors (Lipinski definition) is 5. The van der Waals surface area contributed by atoms with Crippen molar-refractivity contribution < 1.29 is 14.3 Å². The van der Waals surface area contributed by atoms with Crippen LogP contribution in [0.15, 0.2) is 48.5 Å². The molecule has 0 radical (unpaired) electrons. The number of fused-ring (bicyclic) bond motifs is 1. The van der Waals surface area contributed by atoms with E-state index in [1.807, 2.05) is 53.4 Å². The van der Waals surface area contributed by atoms with E-state index in [4.69, 9.17) is 21.1 Å². The number of carbonyl (C=O) groups is 1. The molecule has 0 unspecified atom stereocenters. The van der Waals surface area contributed by atoms with Crippen molar-refractivity contribution in [3.05, 3.63) is 64.8 Å². The third-order valence-corrected chi connectivity index (χ3v) is 7.45. The Kier molecular flexibility index (Phi) is 5.97. The van der Waals surface area contributed by atoms with Gasteiger partial charge in [-0.15, -0.1) is 0 Å². The molecule has 2 aliphatic rings. The minimum atomic E-state index is -0.436. The molecule has 1 aliphatic heterocycles. The first kappa shape index (κ1) is 20.9. The monoisotopic (exact) mass is 456 g/mol. The van der Waals surface area contributed by atoms with Gasteiger partial charge in [-0.1, -0.05) is 41.9 Å². The van der Waals surface area contributed by atoms with Gasteiger partial charge in [-0.2, -0.15) is 4.37 Å². The van der Waals surface area contributed by atoms with Gasteiger partial charge >= 0.3 is 0 Å². The van der Waals surface area contributed by atoms with Gasteiger partial charge in [-0.25, -0.2) is 0 Å². The largest absolute Gasteiger partial charge is 0.348 e. The number of carbonyl (C=O) groups excluding carboxylic acids is 1. The van der Waals surface area contributed by atoms with E-state index in [1.165, 1.54) is 17.1 Å². The number of nitrogens with zero attached hydrogens (tertiary/aromatic N) is 2. The molecule has 0 atom stereocenters. The van der Waals surface area contributed by atoms with Crippen molar-refractivity contribution in [1.29, 1.82) is 0 Å². The molecule has 1 spiro atoms. The predicted octanol–water partition coefficient (Wildman–Crippen LogP) is 5.32. The van der Waals surface area contributed by atoms with E-state index < -0.39 is 5.79 Å². The fraction of sp³-hybridized carbons (Fsp3) is 0.417. The van der Waals surface area contributed by atoms with Crippen LogP contribution in [-0.2, 0) is 15.9 Å². The van der Waals surface area contributed by atoms with E-state index in [0.717, 1.165) is 47.2 Å². The van der Waals surface area contributed by atoms with Crippen molar-refractivity contribution in [3.8, 4) is 0 Å². The lowest BCUT2D eigenvalue weighted by atomic mass is 9.88. The molecule has 1 aromatic heterocycles. The van der Waals surface area contributed by atoms with Crippen LogP contribution >= 0.6 is 23.1 Å². The summed E-state index contributed by atoms with van der Waals surface area (Å²) in [6.07, 6.45) is 4.16. The van der Waals surface area contributed by atoms with E-state index in [0.29, 0.717) is 25.5 Å². The van der Waals surface area contributed by atoms with Gasteiger partial charge in [0.05, 0.1) is 17.9 Å². The Balaban J connectivity index is 1.38. The van der Waals surface area contributed by atoms with Crippen molar-refractivity contribution in [2.75, 3.05) is 19.8 Å². The highest BCUT2D eigenvalue weighted by atomic mass is 35.5. The molecule has 2 heterocycles. The van der Waals surface area contributed by atoms with Crippen LogP contribution < -0.4 is 0 Å². The van der Waals surface area contributed by atoms with E-state index in [9.17, 15) is 4.79 Å². The molecule has 1 amide bonds. The zero-order chi connectivity index (χ0) is 21.3. The van der Waals surface area contributed by atoms with Crippen LogP contribution in [0.2, 0.25) is 5.02 Å². The fourth-order valence-electron chi connectivity index (χ4n) is 4.67. The van der Waals surface area contributed by atoms with Crippen molar-refractivity contribution >= 4 is 39.1 Å². The Morgan fingerprint density at radius 2 is 1.81 bits per heavy atom. The van der Waals surface area contributed by atoms with Gasteiger partial charge in [0.15, 0.2) is 5.79 Å². The van der Waals surface area contributed by atoms with Gasteiger partial charge in [0.2, 0.25) is 0 Å². The van der Waals surface area contributed by atoms with Crippen molar-refractivity contribution in [2.45, 2.75) is 43.9 Å². The molecule has 5 rings (SSSR count). The number of aromatic nitrogens is 1. The summed E-state index contributed by atoms with van der Waals surface area (Å²) in [5.74, 6) is -0.421. The number of hydrogen-bond donors (Lipinski definition) is 0. The van der Waals surface area contributed by atoms with E-state index in [-0.39, 0.29) is 11.9 Å². The Labute approximate surface area is 191 Å². The highest BCUT2D eigenvalue weighted by molar-refractivity contribution is 7.13. The summed E-state index contributed by atoms with van der Waals surface area (Å²) in [6.45, 7) is 1.97. The number of halogens is 1. The van der Waals surface area contributed by atoms with Gasteiger partial charge in [-0.3, -0.25) is 4.79 Å². The zero-order valence-electron chi connectivity index (χ0n) is 17.3. The number of amides is 1. The second kappa shape index (κ2) is 8.87. The van der Waals surface area contributed by atoms with Gasteiger partial charge in [0, 0.05) is 35.8 Å². The first-order valence-corrected chi connectivity index (χ1v) is 12.0. The Morgan fingerprint density at radius 1 is 1.10 bits per heavy atom. The maximum absolute atomic E-state index is 13.7. The first-order valence-electron chi connectivity index (χ1n) is 10.8. The molecule has 1 saturated heterocycles. The van der Waals surface area contributed by atoms with Gasteiger partial charge in [-0.05, 0) is 54.6 Å². The Hall–Kier alpha value is -1.99. The third kappa shape index (κ3) is 4.35. The minimum absolute atomic E-state index is 0.0145. The summed E-state index contributed by atoms with van der Waals surface area (Å²) < 4.78 is 17.4.